The van der Waals surface area contributed by atoms with Gasteiger partial charge in [0.15, 0.2) is 0 Å². The third kappa shape index (κ3) is 3.97. The Morgan fingerprint density at radius 2 is 2.19 bits per heavy atom. The fraction of sp³-hybridized carbons (Fsp3) is 0.500. The molecule has 1 aliphatic heterocycles. The van der Waals surface area contributed by atoms with Crippen molar-refractivity contribution in [3.8, 4) is 0 Å². The fourth-order valence-corrected chi connectivity index (χ4v) is 2.83. The molecule has 1 saturated heterocycles. The van der Waals surface area contributed by atoms with Gasteiger partial charge in [-0.25, -0.2) is 9.59 Å². The van der Waals surface area contributed by atoms with Gasteiger partial charge in [0.2, 0.25) is 0 Å². The number of carboxylic acids is 1. The van der Waals surface area contributed by atoms with Gasteiger partial charge in [-0.05, 0) is 43.9 Å². The average Bonchev–Trinajstić information content (AvgIpc) is 2.48. The van der Waals surface area contributed by atoms with E-state index in [4.69, 9.17) is 5.11 Å². The van der Waals surface area contributed by atoms with E-state index in [1.54, 1.807) is 12.1 Å². The summed E-state index contributed by atoms with van der Waals surface area (Å²) in [7, 11) is 0. The van der Waals surface area contributed by atoms with Crippen molar-refractivity contribution >= 4 is 17.7 Å². The van der Waals surface area contributed by atoms with Gasteiger partial charge in [0.25, 0.3) is 0 Å². The van der Waals surface area contributed by atoms with Crippen LogP contribution in [-0.4, -0.2) is 34.6 Å². The van der Waals surface area contributed by atoms with Crippen LogP contribution in [0.3, 0.4) is 0 Å². The SMILES string of the molecule is CCCC1CCCCN1C(=O)Nc1cccc(C(=O)O)c1. The van der Waals surface area contributed by atoms with Crippen LogP contribution in [0, 0.1) is 0 Å². The number of carbonyl (C=O) groups is 2. The Bertz CT molecular complexity index is 514. The number of benzene rings is 1. The fourth-order valence-electron chi connectivity index (χ4n) is 2.83. The van der Waals surface area contributed by atoms with Gasteiger partial charge in [-0.3, -0.25) is 0 Å². The van der Waals surface area contributed by atoms with Crippen LogP contribution >= 0.6 is 0 Å². The van der Waals surface area contributed by atoms with E-state index in [9.17, 15) is 9.59 Å². The summed E-state index contributed by atoms with van der Waals surface area (Å²) in [5.41, 5.74) is 0.706. The normalized spacial score (nSPS) is 18.3. The minimum atomic E-state index is -0.993. The Balaban J connectivity index is 2.05. The number of nitrogens with zero attached hydrogens (tertiary/aromatic N) is 1. The topological polar surface area (TPSA) is 69.6 Å². The number of anilines is 1. The van der Waals surface area contributed by atoms with Crippen LogP contribution in [0.5, 0.6) is 0 Å². The van der Waals surface area contributed by atoms with Gasteiger partial charge in [0.05, 0.1) is 5.56 Å². The summed E-state index contributed by atoms with van der Waals surface area (Å²) < 4.78 is 0. The first-order chi connectivity index (χ1) is 10.1. The number of urea groups is 1. The molecule has 0 aliphatic carbocycles. The first-order valence-corrected chi connectivity index (χ1v) is 7.52. The van der Waals surface area contributed by atoms with Gasteiger partial charge in [-0.15, -0.1) is 0 Å². The van der Waals surface area contributed by atoms with E-state index >= 15 is 0 Å². The number of likely N-dealkylation sites (tertiary alicyclic amines) is 1. The first-order valence-electron chi connectivity index (χ1n) is 7.52. The Kier molecular flexibility index (Phi) is 5.20. The van der Waals surface area contributed by atoms with Crippen molar-refractivity contribution in [1.82, 2.24) is 4.90 Å². The zero-order valence-corrected chi connectivity index (χ0v) is 12.3. The highest BCUT2D eigenvalue weighted by atomic mass is 16.4. The number of carbonyl (C=O) groups excluding carboxylic acids is 1. The molecule has 1 fully saturated rings. The molecule has 2 amide bonds. The highest BCUT2D eigenvalue weighted by Gasteiger charge is 2.25. The first kappa shape index (κ1) is 15.4. The largest absolute Gasteiger partial charge is 0.478 e. The highest BCUT2D eigenvalue weighted by molar-refractivity contribution is 5.93. The van der Waals surface area contributed by atoms with Gasteiger partial charge in [0.1, 0.15) is 0 Å². The van der Waals surface area contributed by atoms with Crippen LogP contribution in [0.4, 0.5) is 10.5 Å². The number of carboxylic acid groups (broad SMARTS) is 1. The number of amides is 2. The lowest BCUT2D eigenvalue weighted by atomic mass is 9.99. The predicted octanol–water partition coefficient (Wildman–Crippen LogP) is 3.57. The molecule has 1 aliphatic rings. The van der Waals surface area contributed by atoms with Gasteiger partial charge in [0, 0.05) is 18.3 Å². The monoisotopic (exact) mass is 290 g/mol. The molecule has 5 heteroatoms. The van der Waals surface area contributed by atoms with Crippen molar-refractivity contribution in [2.24, 2.45) is 0 Å². The zero-order valence-electron chi connectivity index (χ0n) is 12.3. The van der Waals surface area contributed by atoms with E-state index in [0.29, 0.717) is 11.7 Å². The van der Waals surface area contributed by atoms with E-state index in [1.807, 2.05) is 4.90 Å². The number of rotatable bonds is 4. The Hall–Kier alpha value is -2.04. The lowest BCUT2D eigenvalue weighted by Crippen LogP contribution is -2.45. The van der Waals surface area contributed by atoms with Gasteiger partial charge >= 0.3 is 12.0 Å². The van der Waals surface area contributed by atoms with Crippen molar-refractivity contribution in [2.45, 2.75) is 45.1 Å². The molecule has 1 heterocycles. The van der Waals surface area contributed by atoms with E-state index in [1.165, 1.54) is 18.6 Å². The Morgan fingerprint density at radius 1 is 1.38 bits per heavy atom. The van der Waals surface area contributed by atoms with Gasteiger partial charge in [-0.1, -0.05) is 19.4 Å². The van der Waals surface area contributed by atoms with Crippen molar-refractivity contribution in [1.29, 1.82) is 0 Å². The summed E-state index contributed by atoms with van der Waals surface area (Å²) in [6, 6.07) is 6.52. The number of hydrogen-bond acceptors (Lipinski definition) is 2. The predicted molar refractivity (Wildman–Crippen MR) is 81.7 cm³/mol. The second kappa shape index (κ2) is 7.11. The molecule has 1 aromatic carbocycles. The Labute approximate surface area is 125 Å². The van der Waals surface area contributed by atoms with Crippen LogP contribution in [0.15, 0.2) is 24.3 Å². The molecule has 0 spiro atoms. The number of aromatic carboxylic acids is 1. The standard InChI is InChI=1S/C16H22N2O3/c1-2-6-14-9-3-4-10-18(14)16(21)17-13-8-5-7-12(11-13)15(19)20/h5,7-8,11,14H,2-4,6,9-10H2,1H3,(H,17,21)(H,19,20). The number of nitrogens with one attached hydrogen (secondary N) is 1. The highest BCUT2D eigenvalue weighted by Crippen LogP contribution is 2.22. The molecule has 1 unspecified atom stereocenters. The summed E-state index contributed by atoms with van der Waals surface area (Å²) in [4.78, 5) is 25.2. The third-order valence-electron chi connectivity index (χ3n) is 3.87. The van der Waals surface area contributed by atoms with Crippen LogP contribution < -0.4 is 5.32 Å². The third-order valence-corrected chi connectivity index (χ3v) is 3.87. The quantitative estimate of drug-likeness (QED) is 0.890. The molecule has 0 aromatic heterocycles. The van der Waals surface area contributed by atoms with Gasteiger partial charge < -0.3 is 15.3 Å². The second-order valence-electron chi connectivity index (χ2n) is 5.45. The smallest absolute Gasteiger partial charge is 0.335 e. The maximum absolute atomic E-state index is 12.4. The molecule has 0 radical (unpaired) electrons. The summed E-state index contributed by atoms with van der Waals surface area (Å²) in [6.45, 7) is 2.90. The van der Waals surface area contributed by atoms with Crippen molar-refractivity contribution in [2.75, 3.05) is 11.9 Å². The Morgan fingerprint density at radius 3 is 2.90 bits per heavy atom. The summed E-state index contributed by atoms with van der Waals surface area (Å²) in [5, 5.41) is 11.8. The van der Waals surface area contributed by atoms with Gasteiger partial charge in [-0.2, -0.15) is 0 Å². The molecule has 2 rings (SSSR count). The summed E-state index contributed by atoms with van der Waals surface area (Å²) in [5.74, 6) is -0.993. The van der Waals surface area contributed by atoms with Crippen LogP contribution in [0.25, 0.3) is 0 Å². The maximum Gasteiger partial charge on any atom is 0.335 e. The minimum absolute atomic E-state index is 0.129. The second-order valence-corrected chi connectivity index (χ2v) is 5.45. The molecule has 21 heavy (non-hydrogen) atoms. The molecular formula is C16H22N2O3. The van der Waals surface area contributed by atoms with Crippen molar-refractivity contribution in [3.63, 3.8) is 0 Å². The molecule has 0 bridgehead atoms. The molecule has 5 nitrogen and oxygen atoms in total. The van der Waals surface area contributed by atoms with Crippen molar-refractivity contribution < 1.29 is 14.7 Å². The zero-order chi connectivity index (χ0) is 15.2. The molecule has 0 saturated carbocycles. The summed E-state index contributed by atoms with van der Waals surface area (Å²) >= 11 is 0. The summed E-state index contributed by atoms with van der Waals surface area (Å²) in [6.07, 6.45) is 5.33. The minimum Gasteiger partial charge on any atom is -0.478 e. The molecule has 1 aromatic rings. The number of piperidine rings is 1. The van der Waals surface area contributed by atoms with Crippen molar-refractivity contribution in [3.05, 3.63) is 29.8 Å². The maximum atomic E-state index is 12.4. The van der Waals surface area contributed by atoms with Crippen LogP contribution in [0.1, 0.15) is 49.4 Å². The van der Waals surface area contributed by atoms with Crippen LogP contribution in [-0.2, 0) is 0 Å². The van der Waals surface area contributed by atoms with E-state index < -0.39 is 5.97 Å². The average molecular weight is 290 g/mol. The molecular weight excluding hydrogens is 268 g/mol. The number of hydrogen-bond donors (Lipinski definition) is 2. The lowest BCUT2D eigenvalue weighted by molar-refractivity contribution is 0.0697. The molecule has 1 atom stereocenters. The lowest BCUT2D eigenvalue weighted by Gasteiger charge is -2.35. The van der Waals surface area contributed by atoms with E-state index in [0.717, 1.165) is 32.2 Å². The van der Waals surface area contributed by atoms with E-state index in [-0.39, 0.29) is 11.6 Å². The molecule has 114 valence electrons. The van der Waals surface area contributed by atoms with Crippen LogP contribution in [0.2, 0.25) is 0 Å². The van der Waals surface area contributed by atoms with E-state index in [2.05, 4.69) is 12.2 Å². The molecule has 2 N–H and O–H groups in total.